The standard InChI is InChI=1S/C45H25N5/c46-26-29-20-22-43-40(23-29)37-15-4-6-18-42(37)50(43)44-24-30(27-47)19-21-38(44)35-13-2-1-12-34(35)31-9-7-11-33(25-31)49-41-17-5-3-14-36(41)39-16-8-10-32(28-48)45(39)49/h1-25H. The Morgan fingerprint density at radius 3 is 1.80 bits per heavy atom. The van der Waals surface area contributed by atoms with E-state index >= 15 is 0 Å². The number of para-hydroxylation sites is 3. The van der Waals surface area contributed by atoms with Gasteiger partial charge >= 0.3 is 0 Å². The van der Waals surface area contributed by atoms with Gasteiger partial charge in [0.25, 0.3) is 0 Å². The fourth-order valence-corrected chi connectivity index (χ4v) is 7.48. The number of rotatable bonds is 4. The molecule has 50 heavy (non-hydrogen) atoms. The van der Waals surface area contributed by atoms with Crippen LogP contribution in [0.4, 0.5) is 0 Å². The molecule has 0 N–H and O–H groups in total. The van der Waals surface area contributed by atoms with E-state index in [4.69, 9.17) is 0 Å². The van der Waals surface area contributed by atoms with Crippen molar-refractivity contribution in [2.45, 2.75) is 0 Å². The largest absolute Gasteiger partial charge is 0.309 e. The molecule has 0 amide bonds. The second-order valence-corrected chi connectivity index (χ2v) is 12.3. The lowest BCUT2D eigenvalue weighted by Gasteiger charge is -2.18. The third kappa shape index (κ3) is 4.31. The summed E-state index contributed by atoms with van der Waals surface area (Å²) in [6.07, 6.45) is 0. The van der Waals surface area contributed by atoms with Crippen molar-refractivity contribution in [3.63, 3.8) is 0 Å². The summed E-state index contributed by atoms with van der Waals surface area (Å²) in [4.78, 5) is 0. The van der Waals surface area contributed by atoms with Gasteiger partial charge in [0, 0.05) is 32.8 Å². The highest BCUT2D eigenvalue weighted by Gasteiger charge is 2.20. The summed E-state index contributed by atoms with van der Waals surface area (Å²) in [6.45, 7) is 0. The molecule has 0 radical (unpaired) electrons. The van der Waals surface area contributed by atoms with Crippen molar-refractivity contribution in [2.24, 2.45) is 0 Å². The number of nitriles is 3. The van der Waals surface area contributed by atoms with Gasteiger partial charge in [-0.1, -0.05) is 91.0 Å². The van der Waals surface area contributed by atoms with E-state index in [1.54, 1.807) is 0 Å². The number of hydrogen-bond donors (Lipinski definition) is 0. The minimum Gasteiger partial charge on any atom is -0.309 e. The topological polar surface area (TPSA) is 81.2 Å². The van der Waals surface area contributed by atoms with Crippen LogP contribution in [-0.4, -0.2) is 9.13 Å². The summed E-state index contributed by atoms with van der Waals surface area (Å²) in [6, 6.07) is 57.9. The number of nitrogens with zero attached hydrogens (tertiary/aromatic N) is 5. The van der Waals surface area contributed by atoms with Crippen molar-refractivity contribution in [2.75, 3.05) is 0 Å². The van der Waals surface area contributed by atoms with Gasteiger partial charge in [0.15, 0.2) is 0 Å². The molecule has 0 saturated heterocycles. The van der Waals surface area contributed by atoms with Crippen LogP contribution in [0, 0.1) is 34.0 Å². The first-order valence-electron chi connectivity index (χ1n) is 16.3. The third-order valence-electron chi connectivity index (χ3n) is 9.62. The average Bonchev–Trinajstić information content (AvgIpc) is 3.70. The van der Waals surface area contributed by atoms with Crippen LogP contribution in [0.25, 0.3) is 77.2 Å². The highest BCUT2D eigenvalue weighted by atomic mass is 15.0. The van der Waals surface area contributed by atoms with Gasteiger partial charge in [-0.25, -0.2) is 0 Å². The lowest BCUT2D eigenvalue weighted by molar-refractivity contribution is 1.17. The lowest BCUT2D eigenvalue weighted by atomic mass is 9.92. The quantitative estimate of drug-likeness (QED) is 0.193. The van der Waals surface area contributed by atoms with Crippen molar-refractivity contribution >= 4 is 43.6 Å². The van der Waals surface area contributed by atoms with Crippen LogP contribution in [0.15, 0.2) is 152 Å². The maximum Gasteiger partial charge on any atom is 0.101 e. The van der Waals surface area contributed by atoms with Gasteiger partial charge in [-0.3, -0.25) is 0 Å². The van der Waals surface area contributed by atoms with E-state index in [9.17, 15) is 15.8 Å². The molecule has 0 unspecified atom stereocenters. The van der Waals surface area contributed by atoms with Crippen molar-refractivity contribution < 1.29 is 0 Å². The smallest absolute Gasteiger partial charge is 0.101 e. The number of fused-ring (bicyclic) bond motifs is 6. The molecule has 9 aromatic rings. The van der Waals surface area contributed by atoms with Crippen molar-refractivity contribution in [3.8, 4) is 51.8 Å². The summed E-state index contributed by atoms with van der Waals surface area (Å²) in [5, 5.41) is 34.0. The number of hydrogen-bond acceptors (Lipinski definition) is 3. The van der Waals surface area contributed by atoms with E-state index in [2.05, 4.69) is 94.1 Å². The van der Waals surface area contributed by atoms with Gasteiger partial charge in [0.1, 0.15) is 6.07 Å². The number of benzene rings is 7. The Morgan fingerprint density at radius 1 is 0.400 bits per heavy atom. The Morgan fingerprint density at radius 2 is 1.02 bits per heavy atom. The Labute approximate surface area is 287 Å². The van der Waals surface area contributed by atoms with Gasteiger partial charge in [0.2, 0.25) is 0 Å². The van der Waals surface area contributed by atoms with Crippen LogP contribution < -0.4 is 0 Å². The second-order valence-electron chi connectivity index (χ2n) is 12.3. The van der Waals surface area contributed by atoms with Crippen molar-refractivity contribution in [1.82, 2.24) is 9.13 Å². The molecule has 7 aromatic carbocycles. The van der Waals surface area contributed by atoms with E-state index < -0.39 is 0 Å². The van der Waals surface area contributed by atoms with Gasteiger partial charge < -0.3 is 9.13 Å². The first-order valence-corrected chi connectivity index (χ1v) is 16.3. The molecule has 5 nitrogen and oxygen atoms in total. The molecule has 2 heterocycles. The summed E-state index contributed by atoms with van der Waals surface area (Å²) < 4.78 is 4.40. The van der Waals surface area contributed by atoms with Crippen LogP contribution >= 0.6 is 0 Å². The highest BCUT2D eigenvalue weighted by Crippen LogP contribution is 2.41. The predicted octanol–water partition coefficient (Wildman–Crippen LogP) is 10.8. The fourth-order valence-electron chi connectivity index (χ4n) is 7.48. The Bertz CT molecular complexity index is 2970. The van der Waals surface area contributed by atoms with E-state index in [1.165, 1.54) is 0 Å². The summed E-state index contributed by atoms with van der Waals surface area (Å²) in [7, 11) is 0. The molecule has 2 aromatic heterocycles. The number of aromatic nitrogens is 2. The van der Waals surface area contributed by atoms with Crippen molar-refractivity contribution in [3.05, 3.63) is 168 Å². The lowest BCUT2D eigenvalue weighted by Crippen LogP contribution is -2.00. The molecule has 0 aliphatic carbocycles. The molecular weight excluding hydrogens is 611 g/mol. The first-order chi connectivity index (χ1) is 24.7. The average molecular weight is 636 g/mol. The van der Waals surface area contributed by atoms with E-state index in [0.717, 1.165) is 77.2 Å². The van der Waals surface area contributed by atoms with Gasteiger partial charge in [-0.15, -0.1) is 0 Å². The Kier molecular flexibility index (Phi) is 6.56. The van der Waals surface area contributed by atoms with Crippen molar-refractivity contribution in [1.29, 1.82) is 15.8 Å². The molecule has 9 rings (SSSR count). The van der Waals surface area contributed by atoms with E-state index in [-0.39, 0.29) is 0 Å². The molecule has 230 valence electrons. The normalized spacial score (nSPS) is 11.1. The second kappa shape index (κ2) is 11.4. The van der Waals surface area contributed by atoms with Gasteiger partial charge in [-0.05, 0) is 77.4 Å². The van der Waals surface area contributed by atoms with Crippen LogP contribution in [0.5, 0.6) is 0 Å². The summed E-state index contributed by atoms with van der Waals surface area (Å²) in [5.74, 6) is 0. The van der Waals surface area contributed by atoms with E-state index in [0.29, 0.717) is 16.7 Å². The van der Waals surface area contributed by atoms with Crippen LogP contribution in [-0.2, 0) is 0 Å². The third-order valence-corrected chi connectivity index (χ3v) is 9.62. The maximum absolute atomic E-state index is 10.1. The summed E-state index contributed by atoms with van der Waals surface area (Å²) >= 11 is 0. The zero-order chi connectivity index (χ0) is 33.8. The zero-order valence-electron chi connectivity index (χ0n) is 26.7. The molecule has 0 saturated carbocycles. The van der Waals surface area contributed by atoms with Gasteiger partial charge in [0.05, 0.1) is 56.6 Å². The molecule has 0 fully saturated rings. The monoisotopic (exact) mass is 635 g/mol. The minimum absolute atomic E-state index is 0.558. The Hall–Kier alpha value is -7.39. The molecular formula is C45H25N5. The SMILES string of the molecule is N#Cc1ccc(-c2ccccc2-c2cccc(-n3c4ccccc4c4cccc(C#N)c43)c2)c(-n2c3ccccc3c3cc(C#N)ccc32)c1. The summed E-state index contributed by atoms with van der Waals surface area (Å²) in [5.41, 5.74) is 11.6. The zero-order valence-corrected chi connectivity index (χ0v) is 26.7. The molecule has 0 atom stereocenters. The fraction of sp³-hybridized carbons (Fsp3) is 0. The van der Waals surface area contributed by atoms with Gasteiger partial charge in [-0.2, -0.15) is 15.8 Å². The first kappa shape index (κ1) is 28.8. The molecule has 0 spiro atoms. The molecule has 0 aliphatic heterocycles. The van der Waals surface area contributed by atoms with Crippen LogP contribution in [0.1, 0.15) is 16.7 Å². The van der Waals surface area contributed by atoms with E-state index in [1.807, 2.05) is 84.9 Å². The maximum atomic E-state index is 10.1. The molecule has 0 bridgehead atoms. The van der Waals surface area contributed by atoms with Crippen LogP contribution in [0.3, 0.4) is 0 Å². The Balaban J connectivity index is 1.29. The molecule has 0 aliphatic rings. The highest BCUT2D eigenvalue weighted by molar-refractivity contribution is 6.12. The molecule has 5 heteroatoms. The predicted molar refractivity (Wildman–Crippen MR) is 200 cm³/mol. The van der Waals surface area contributed by atoms with Crippen LogP contribution in [0.2, 0.25) is 0 Å². The minimum atomic E-state index is 0.558.